The van der Waals surface area contributed by atoms with Crippen LogP contribution in [0.5, 0.6) is 0 Å². The van der Waals surface area contributed by atoms with Crippen molar-refractivity contribution in [1.82, 2.24) is 10.2 Å². The van der Waals surface area contributed by atoms with Crippen molar-refractivity contribution in [3.05, 3.63) is 35.4 Å². The lowest BCUT2D eigenvalue weighted by Gasteiger charge is -2.16. The molecule has 19 heavy (non-hydrogen) atoms. The van der Waals surface area contributed by atoms with E-state index in [1.807, 2.05) is 0 Å². The summed E-state index contributed by atoms with van der Waals surface area (Å²) in [5.74, 6) is 1.58. The van der Waals surface area contributed by atoms with Gasteiger partial charge in [0.2, 0.25) is 0 Å². The fourth-order valence-corrected chi connectivity index (χ4v) is 3.02. The summed E-state index contributed by atoms with van der Waals surface area (Å²) < 4.78 is 0. The molecule has 2 nitrogen and oxygen atoms in total. The first-order valence-electron chi connectivity index (χ1n) is 7.62. The van der Waals surface area contributed by atoms with Gasteiger partial charge in [0.05, 0.1) is 0 Å². The fourth-order valence-electron chi connectivity index (χ4n) is 3.02. The average Bonchev–Trinajstić information content (AvgIpc) is 2.79. The Bertz CT molecular complexity index is 369. The molecule has 1 saturated heterocycles. The highest BCUT2D eigenvalue weighted by molar-refractivity contribution is 5.22. The van der Waals surface area contributed by atoms with E-state index in [4.69, 9.17) is 0 Å². The van der Waals surface area contributed by atoms with Crippen molar-refractivity contribution in [1.29, 1.82) is 0 Å². The summed E-state index contributed by atoms with van der Waals surface area (Å²) in [4.78, 5) is 2.58. The third-order valence-electron chi connectivity index (χ3n) is 3.94. The molecule has 0 saturated carbocycles. The Morgan fingerprint density at radius 3 is 2.53 bits per heavy atom. The molecule has 106 valence electrons. The van der Waals surface area contributed by atoms with E-state index in [9.17, 15) is 0 Å². The summed E-state index contributed by atoms with van der Waals surface area (Å²) in [5, 5.41) is 3.29. The van der Waals surface area contributed by atoms with Crippen molar-refractivity contribution < 1.29 is 0 Å². The summed E-state index contributed by atoms with van der Waals surface area (Å²) in [6, 6.07) is 9.22. The van der Waals surface area contributed by atoms with E-state index >= 15 is 0 Å². The molecule has 0 radical (unpaired) electrons. The van der Waals surface area contributed by atoms with Crippen LogP contribution in [0.4, 0.5) is 0 Å². The monoisotopic (exact) mass is 260 g/mol. The van der Waals surface area contributed by atoms with E-state index in [1.54, 1.807) is 0 Å². The highest BCUT2D eigenvalue weighted by Crippen LogP contribution is 2.18. The zero-order chi connectivity index (χ0) is 13.7. The second-order valence-corrected chi connectivity index (χ2v) is 6.36. The largest absolute Gasteiger partial charge is 0.319 e. The van der Waals surface area contributed by atoms with Gasteiger partial charge in [-0.15, -0.1) is 0 Å². The molecule has 1 aromatic rings. The maximum atomic E-state index is 3.29. The Morgan fingerprint density at radius 2 is 1.89 bits per heavy atom. The second-order valence-electron chi connectivity index (χ2n) is 6.36. The SMILES string of the molecule is CNCC1CCN(Cc2ccc(CC(C)C)cc2)C1. The average molecular weight is 260 g/mol. The van der Waals surface area contributed by atoms with Gasteiger partial charge in [-0.3, -0.25) is 4.90 Å². The lowest BCUT2D eigenvalue weighted by atomic mass is 10.0. The van der Waals surface area contributed by atoms with Gasteiger partial charge < -0.3 is 5.32 Å². The van der Waals surface area contributed by atoms with Gasteiger partial charge in [0, 0.05) is 13.1 Å². The van der Waals surface area contributed by atoms with Crippen LogP contribution in [0.3, 0.4) is 0 Å². The highest BCUT2D eigenvalue weighted by Gasteiger charge is 2.21. The molecule has 1 aromatic carbocycles. The summed E-state index contributed by atoms with van der Waals surface area (Å²) >= 11 is 0. The Balaban J connectivity index is 1.83. The molecule has 1 N–H and O–H groups in total. The topological polar surface area (TPSA) is 15.3 Å². The van der Waals surface area contributed by atoms with Gasteiger partial charge in [-0.05, 0) is 55.9 Å². The Kier molecular flexibility index (Phi) is 5.41. The number of hydrogen-bond donors (Lipinski definition) is 1. The number of likely N-dealkylation sites (tertiary alicyclic amines) is 1. The van der Waals surface area contributed by atoms with Crippen LogP contribution in [0.15, 0.2) is 24.3 Å². The summed E-state index contributed by atoms with van der Waals surface area (Å²) in [6.07, 6.45) is 2.53. The predicted octanol–water partition coefficient (Wildman–Crippen LogP) is 2.93. The van der Waals surface area contributed by atoms with E-state index in [-0.39, 0.29) is 0 Å². The molecule has 0 amide bonds. The molecule has 0 bridgehead atoms. The van der Waals surface area contributed by atoms with Gasteiger partial charge in [-0.25, -0.2) is 0 Å². The van der Waals surface area contributed by atoms with Crippen molar-refractivity contribution in [2.45, 2.75) is 33.2 Å². The molecule has 1 atom stereocenters. The highest BCUT2D eigenvalue weighted by atomic mass is 15.1. The molecule has 1 heterocycles. The van der Waals surface area contributed by atoms with Crippen molar-refractivity contribution in [2.75, 3.05) is 26.7 Å². The van der Waals surface area contributed by atoms with E-state index in [0.717, 1.165) is 24.9 Å². The van der Waals surface area contributed by atoms with Crippen molar-refractivity contribution in [3.63, 3.8) is 0 Å². The zero-order valence-electron chi connectivity index (χ0n) is 12.7. The van der Waals surface area contributed by atoms with Crippen LogP contribution in [-0.2, 0) is 13.0 Å². The first-order chi connectivity index (χ1) is 9.17. The maximum Gasteiger partial charge on any atom is 0.0233 e. The molecule has 0 spiro atoms. The van der Waals surface area contributed by atoms with Crippen LogP contribution in [0.1, 0.15) is 31.4 Å². The minimum absolute atomic E-state index is 0.742. The summed E-state index contributed by atoms with van der Waals surface area (Å²) in [7, 11) is 2.05. The van der Waals surface area contributed by atoms with Gasteiger partial charge in [0.1, 0.15) is 0 Å². The molecule has 0 aromatic heterocycles. The number of benzene rings is 1. The predicted molar refractivity (Wildman–Crippen MR) is 82.3 cm³/mol. The lowest BCUT2D eigenvalue weighted by Crippen LogP contribution is -2.24. The maximum absolute atomic E-state index is 3.29. The first-order valence-corrected chi connectivity index (χ1v) is 7.62. The van der Waals surface area contributed by atoms with Crippen LogP contribution in [-0.4, -0.2) is 31.6 Å². The van der Waals surface area contributed by atoms with Gasteiger partial charge >= 0.3 is 0 Å². The zero-order valence-corrected chi connectivity index (χ0v) is 12.7. The fraction of sp³-hybridized carbons (Fsp3) is 0.647. The first kappa shape index (κ1) is 14.5. The van der Waals surface area contributed by atoms with Crippen LogP contribution < -0.4 is 5.32 Å². The molecular formula is C17H28N2. The molecule has 2 heteroatoms. The number of rotatable bonds is 6. The summed E-state index contributed by atoms with van der Waals surface area (Å²) in [6.45, 7) is 9.32. The molecular weight excluding hydrogens is 232 g/mol. The molecule has 1 aliphatic rings. The van der Waals surface area contributed by atoms with Crippen LogP contribution in [0, 0.1) is 11.8 Å². The Morgan fingerprint density at radius 1 is 1.21 bits per heavy atom. The van der Waals surface area contributed by atoms with Crippen LogP contribution in [0.2, 0.25) is 0 Å². The molecule has 1 fully saturated rings. The van der Waals surface area contributed by atoms with Crippen molar-refractivity contribution in [2.24, 2.45) is 11.8 Å². The van der Waals surface area contributed by atoms with E-state index in [1.165, 1.54) is 37.1 Å². The molecule has 2 rings (SSSR count). The lowest BCUT2D eigenvalue weighted by molar-refractivity contribution is 0.315. The van der Waals surface area contributed by atoms with Gasteiger partial charge in [0.25, 0.3) is 0 Å². The van der Waals surface area contributed by atoms with E-state index in [0.29, 0.717) is 0 Å². The quantitative estimate of drug-likeness (QED) is 0.846. The Labute approximate surface area is 118 Å². The number of nitrogens with one attached hydrogen (secondary N) is 1. The Hall–Kier alpha value is -0.860. The minimum Gasteiger partial charge on any atom is -0.319 e. The van der Waals surface area contributed by atoms with Gasteiger partial charge in [-0.1, -0.05) is 38.1 Å². The van der Waals surface area contributed by atoms with Crippen LogP contribution >= 0.6 is 0 Å². The van der Waals surface area contributed by atoms with Crippen molar-refractivity contribution in [3.8, 4) is 0 Å². The molecule has 0 aliphatic carbocycles. The summed E-state index contributed by atoms with van der Waals surface area (Å²) in [5.41, 5.74) is 2.92. The third-order valence-corrected chi connectivity index (χ3v) is 3.94. The van der Waals surface area contributed by atoms with Gasteiger partial charge in [-0.2, -0.15) is 0 Å². The van der Waals surface area contributed by atoms with Gasteiger partial charge in [0.15, 0.2) is 0 Å². The van der Waals surface area contributed by atoms with E-state index in [2.05, 4.69) is 55.4 Å². The van der Waals surface area contributed by atoms with E-state index < -0.39 is 0 Å². The number of nitrogens with zero attached hydrogens (tertiary/aromatic N) is 1. The van der Waals surface area contributed by atoms with Crippen molar-refractivity contribution >= 4 is 0 Å². The molecule has 1 aliphatic heterocycles. The normalized spacial score (nSPS) is 20.3. The molecule has 1 unspecified atom stereocenters. The minimum atomic E-state index is 0.742. The smallest absolute Gasteiger partial charge is 0.0233 e. The third kappa shape index (κ3) is 4.63. The number of hydrogen-bond acceptors (Lipinski definition) is 2. The standard InChI is InChI=1S/C17H28N2/c1-14(2)10-15-4-6-16(7-5-15)12-19-9-8-17(13-19)11-18-3/h4-7,14,17-18H,8-13H2,1-3H3. The second kappa shape index (κ2) is 7.06. The van der Waals surface area contributed by atoms with Crippen LogP contribution in [0.25, 0.3) is 0 Å².